The molecule has 1 aromatic carbocycles. The fraction of sp³-hybridized carbons (Fsp3) is 0. The van der Waals surface area contributed by atoms with Crippen LogP contribution in [-0.4, -0.2) is 0 Å². The van der Waals surface area contributed by atoms with Crippen molar-refractivity contribution in [3.05, 3.63) is 43.9 Å². The molecule has 0 N–H and O–H groups in total. The summed E-state index contributed by atoms with van der Waals surface area (Å²) in [6, 6.07) is 3.81. The molecular formula is C9H3BrClFO2. The third-order valence-electron chi connectivity index (χ3n) is 1.71. The summed E-state index contributed by atoms with van der Waals surface area (Å²) in [7, 11) is 0. The summed E-state index contributed by atoms with van der Waals surface area (Å²) < 4.78 is 18.0. The van der Waals surface area contributed by atoms with Gasteiger partial charge in [-0.05, 0) is 34.1 Å². The van der Waals surface area contributed by atoms with E-state index >= 15 is 0 Å². The summed E-state index contributed by atoms with van der Waals surface area (Å²) in [5.41, 5.74) is -0.340. The highest BCUT2D eigenvalue weighted by Crippen LogP contribution is 2.25. The highest BCUT2D eigenvalue weighted by Gasteiger charge is 2.07. The molecule has 0 saturated carbocycles. The van der Waals surface area contributed by atoms with Gasteiger partial charge < -0.3 is 4.42 Å². The summed E-state index contributed by atoms with van der Waals surface area (Å²) in [6.45, 7) is 0. The Labute approximate surface area is 91.4 Å². The summed E-state index contributed by atoms with van der Waals surface area (Å²) in [4.78, 5) is 11.1. The zero-order valence-electron chi connectivity index (χ0n) is 6.68. The smallest absolute Gasteiger partial charge is 0.350 e. The summed E-state index contributed by atoms with van der Waals surface area (Å²) in [6.07, 6.45) is 0. The number of benzene rings is 1. The van der Waals surface area contributed by atoms with Crippen LogP contribution in [0.4, 0.5) is 4.39 Å². The van der Waals surface area contributed by atoms with Crippen molar-refractivity contribution < 1.29 is 8.81 Å². The number of rotatable bonds is 0. The van der Waals surface area contributed by atoms with Crippen molar-refractivity contribution in [2.75, 3.05) is 0 Å². The molecule has 0 radical (unpaired) electrons. The van der Waals surface area contributed by atoms with Crippen LogP contribution in [-0.2, 0) is 0 Å². The van der Waals surface area contributed by atoms with Crippen LogP contribution in [0.5, 0.6) is 0 Å². The molecule has 0 bridgehead atoms. The Bertz CT molecular complexity index is 564. The average molecular weight is 277 g/mol. The maximum Gasteiger partial charge on any atom is 0.350 e. The van der Waals surface area contributed by atoms with E-state index in [-0.39, 0.29) is 15.1 Å². The first-order chi connectivity index (χ1) is 6.58. The van der Waals surface area contributed by atoms with Gasteiger partial charge in [0.25, 0.3) is 0 Å². The quantitative estimate of drug-likeness (QED) is 0.691. The standard InChI is InChI=1S/C9H3BrClFO2/c10-6-2-4-1-5(12)3-7(11)8(4)14-9(6)13/h1-3H. The highest BCUT2D eigenvalue weighted by molar-refractivity contribution is 9.10. The van der Waals surface area contributed by atoms with Crippen LogP contribution >= 0.6 is 27.5 Å². The van der Waals surface area contributed by atoms with Crippen molar-refractivity contribution >= 4 is 38.5 Å². The Kier molecular flexibility index (Phi) is 2.33. The molecule has 0 saturated heterocycles. The zero-order chi connectivity index (χ0) is 10.3. The minimum absolute atomic E-state index is 0.0876. The molecular weight excluding hydrogens is 274 g/mol. The molecule has 1 aromatic heterocycles. The molecule has 0 spiro atoms. The van der Waals surface area contributed by atoms with E-state index in [1.807, 2.05) is 0 Å². The lowest BCUT2D eigenvalue weighted by Gasteiger charge is -1.99. The Hall–Kier alpha value is -0.870. The van der Waals surface area contributed by atoms with Gasteiger partial charge in [0.1, 0.15) is 10.3 Å². The van der Waals surface area contributed by atoms with Crippen LogP contribution in [0.15, 0.2) is 31.9 Å². The van der Waals surface area contributed by atoms with Gasteiger partial charge in [0.15, 0.2) is 5.58 Å². The van der Waals surface area contributed by atoms with Gasteiger partial charge in [0, 0.05) is 5.39 Å². The van der Waals surface area contributed by atoms with E-state index in [0.717, 1.165) is 6.07 Å². The predicted molar refractivity (Wildman–Crippen MR) is 55.2 cm³/mol. The van der Waals surface area contributed by atoms with Gasteiger partial charge in [-0.3, -0.25) is 0 Å². The molecule has 72 valence electrons. The summed E-state index contributed by atoms with van der Waals surface area (Å²) in [5.74, 6) is -0.469. The molecule has 0 fully saturated rings. The lowest BCUT2D eigenvalue weighted by molar-refractivity contribution is 0.554. The lowest BCUT2D eigenvalue weighted by atomic mass is 10.2. The van der Waals surface area contributed by atoms with Crippen LogP contribution in [0.3, 0.4) is 0 Å². The Morgan fingerprint density at radius 3 is 2.79 bits per heavy atom. The second-order valence-corrected chi connectivity index (χ2v) is 3.95. The van der Waals surface area contributed by atoms with Gasteiger partial charge in [-0.15, -0.1) is 0 Å². The van der Waals surface area contributed by atoms with E-state index in [1.165, 1.54) is 12.1 Å². The Morgan fingerprint density at radius 1 is 1.36 bits per heavy atom. The minimum atomic E-state index is -0.536. The van der Waals surface area contributed by atoms with E-state index < -0.39 is 11.4 Å². The van der Waals surface area contributed by atoms with Crippen molar-refractivity contribution in [2.24, 2.45) is 0 Å². The van der Waals surface area contributed by atoms with Crippen molar-refractivity contribution in [1.82, 2.24) is 0 Å². The second kappa shape index (κ2) is 3.37. The SMILES string of the molecule is O=c1oc2c(Cl)cc(F)cc2cc1Br. The topological polar surface area (TPSA) is 30.2 Å². The first-order valence-corrected chi connectivity index (χ1v) is 4.83. The highest BCUT2D eigenvalue weighted by atomic mass is 79.9. The summed E-state index contributed by atoms with van der Waals surface area (Å²) >= 11 is 8.69. The maximum atomic E-state index is 12.9. The fourth-order valence-electron chi connectivity index (χ4n) is 1.13. The van der Waals surface area contributed by atoms with Crippen LogP contribution < -0.4 is 5.63 Å². The average Bonchev–Trinajstić information content (AvgIpc) is 2.08. The third kappa shape index (κ3) is 1.55. The fourth-order valence-corrected chi connectivity index (χ4v) is 1.71. The van der Waals surface area contributed by atoms with Crippen molar-refractivity contribution in [3.8, 4) is 0 Å². The van der Waals surface area contributed by atoms with Gasteiger partial charge in [-0.1, -0.05) is 11.6 Å². The third-order valence-corrected chi connectivity index (χ3v) is 2.54. The molecule has 2 nitrogen and oxygen atoms in total. The lowest BCUT2D eigenvalue weighted by Crippen LogP contribution is -1.99. The maximum absolute atomic E-state index is 12.9. The van der Waals surface area contributed by atoms with E-state index in [4.69, 9.17) is 16.0 Å². The van der Waals surface area contributed by atoms with Gasteiger partial charge in [0.05, 0.1) is 5.02 Å². The normalized spacial score (nSPS) is 10.8. The van der Waals surface area contributed by atoms with E-state index in [2.05, 4.69) is 15.9 Å². The van der Waals surface area contributed by atoms with Gasteiger partial charge in [-0.2, -0.15) is 0 Å². The van der Waals surface area contributed by atoms with Gasteiger partial charge in [0.2, 0.25) is 0 Å². The molecule has 5 heteroatoms. The van der Waals surface area contributed by atoms with Crippen LogP contribution in [0.2, 0.25) is 5.02 Å². The first-order valence-electron chi connectivity index (χ1n) is 3.66. The number of halogens is 3. The predicted octanol–water partition coefficient (Wildman–Crippen LogP) is 3.35. The van der Waals surface area contributed by atoms with Gasteiger partial charge >= 0.3 is 5.63 Å². The molecule has 0 aliphatic rings. The molecule has 1 heterocycles. The number of fused-ring (bicyclic) bond motifs is 1. The number of hydrogen-bond donors (Lipinski definition) is 0. The minimum Gasteiger partial charge on any atom is -0.420 e. The monoisotopic (exact) mass is 276 g/mol. The van der Waals surface area contributed by atoms with Crippen molar-refractivity contribution in [3.63, 3.8) is 0 Å². The van der Waals surface area contributed by atoms with Crippen LogP contribution in [0, 0.1) is 5.82 Å². The van der Waals surface area contributed by atoms with Gasteiger partial charge in [-0.25, -0.2) is 9.18 Å². The molecule has 0 unspecified atom stereocenters. The summed E-state index contributed by atoms with van der Waals surface area (Å²) in [5, 5.41) is 0.533. The zero-order valence-corrected chi connectivity index (χ0v) is 9.02. The van der Waals surface area contributed by atoms with Crippen molar-refractivity contribution in [2.45, 2.75) is 0 Å². The first kappa shape index (κ1) is 9.68. The molecule has 14 heavy (non-hydrogen) atoms. The molecule has 0 amide bonds. The van der Waals surface area contributed by atoms with Crippen molar-refractivity contribution in [1.29, 1.82) is 0 Å². The van der Waals surface area contributed by atoms with E-state index in [0.29, 0.717) is 5.39 Å². The van der Waals surface area contributed by atoms with Crippen LogP contribution in [0.1, 0.15) is 0 Å². The number of hydrogen-bond acceptors (Lipinski definition) is 2. The van der Waals surface area contributed by atoms with Crippen LogP contribution in [0.25, 0.3) is 11.0 Å². The molecule has 2 aromatic rings. The molecule has 0 atom stereocenters. The van der Waals surface area contributed by atoms with E-state index in [9.17, 15) is 9.18 Å². The molecule has 2 rings (SSSR count). The molecule has 0 aliphatic carbocycles. The molecule has 0 aliphatic heterocycles. The second-order valence-electron chi connectivity index (χ2n) is 2.69. The Balaban J connectivity index is 2.96. The van der Waals surface area contributed by atoms with E-state index in [1.54, 1.807) is 0 Å². The largest absolute Gasteiger partial charge is 0.420 e. The Morgan fingerprint density at radius 2 is 2.07 bits per heavy atom.